The van der Waals surface area contributed by atoms with E-state index in [0.29, 0.717) is 9.21 Å². The molecule has 2 nitrogen and oxygen atoms in total. The van der Waals surface area contributed by atoms with Gasteiger partial charge in [0.2, 0.25) is 0 Å². The van der Waals surface area contributed by atoms with Crippen LogP contribution in [0.2, 0.25) is 4.34 Å². The summed E-state index contributed by atoms with van der Waals surface area (Å²) in [6.45, 7) is 0. The van der Waals surface area contributed by atoms with E-state index in [1.165, 1.54) is 11.3 Å². The van der Waals surface area contributed by atoms with Gasteiger partial charge in [-0.1, -0.05) is 11.6 Å². The molecule has 0 atom stereocenters. The lowest BCUT2D eigenvalue weighted by molar-refractivity contribution is 0.105. The van der Waals surface area contributed by atoms with Crippen LogP contribution >= 0.6 is 34.3 Å². The molecule has 0 saturated heterocycles. The molecule has 2 heterocycles. The monoisotopic (exact) mass is 360 g/mol. The molecule has 0 aliphatic heterocycles. The van der Waals surface area contributed by atoms with E-state index in [2.05, 4.69) is 6.07 Å². The van der Waals surface area contributed by atoms with Crippen LogP contribution in [0.15, 0.2) is 54.6 Å². The van der Waals surface area contributed by atoms with Crippen LogP contribution in [-0.4, -0.2) is 12.9 Å². The minimum Gasteiger partial charge on any atom is -0.497 e. The van der Waals surface area contributed by atoms with Crippen LogP contribution in [0.1, 0.15) is 14.5 Å². The van der Waals surface area contributed by atoms with Crippen molar-refractivity contribution in [2.45, 2.75) is 0 Å². The number of thiophene rings is 2. The van der Waals surface area contributed by atoms with E-state index in [4.69, 9.17) is 16.3 Å². The van der Waals surface area contributed by atoms with Gasteiger partial charge in [-0.05, 0) is 66.2 Å². The zero-order valence-corrected chi connectivity index (χ0v) is 14.7. The summed E-state index contributed by atoms with van der Waals surface area (Å²) in [7, 11) is 1.65. The molecule has 3 rings (SSSR count). The molecule has 0 bridgehead atoms. The van der Waals surface area contributed by atoms with E-state index >= 15 is 0 Å². The van der Waals surface area contributed by atoms with Gasteiger partial charge in [0, 0.05) is 9.75 Å². The maximum Gasteiger partial charge on any atom is 0.195 e. The van der Waals surface area contributed by atoms with Gasteiger partial charge >= 0.3 is 0 Å². The predicted molar refractivity (Wildman–Crippen MR) is 99.0 cm³/mol. The lowest BCUT2D eigenvalue weighted by atomic mass is 10.2. The van der Waals surface area contributed by atoms with Crippen LogP contribution in [-0.2, 0) is 0 Å². The van der Waals surface area contributed by atoms with E-state index in [9.17, 15) is 4.79 Å². The SMILES string of the molecule is COc1ccc(-c2ccc(C=CC(=O)c3ccc(Cl)s3)s2)cc1. The van der Waals surface area contributed by atoms with Crippen LogP contribution in [0.5, 0.6) is 5.75 Å². The van der Waals surface area contributed by atoms with E-state index in [-0.39, 0.29) is 5.78 Å². The number of methoxy groups -OCH3 is 1. The van der Waals surface area contributed by atoms with Crippen LogP contribution in [0.4, 0.5) is 0 Å². The Balaban J connectivity index is 1.73. The van der Waals surface area contributed by atoms with Crippen LogP contribution in [0.25, 0.3) is 16.5 Å². The number of rotatable bonds is 5. The Labute approximate surface area is 147 Å². The molecule has 1 aromatic carbocycles. The molecule has 5 heteroatoms. The minimum absolute atomic E-state index is 0.0266. The van der Waals surface area contributed by atoms with Crippen molar-refractivity contribution in [3.63, 3.8) is 0 Å². The first-order valence-corrected chi connectivity index (χ1v) is 8.89. The van der Waals surface area contributed by atoms with Gasteiger partial charge < -0.3 is 4.74 Å². The first-order chi connectivity index (χ1) is 11.2. The molecule has 116 valence electrons. The summed E-state index contributed by atoms with van der Waals surface area (Å²) < 4.78 is 5.79. The Morgan fingerprint density at radius 3 is 2.48 bits per heavy atom. The number of halogens is 1. The number of carbonyl (C=O) groups is 1. The molecule has 0 spiro atoms. The van der Waals surface area contributed by atoms with E-state index < -0.39 is 0 Å². The molecule has 2 aromatic heterocycles. The smallest absolute Gasteiger partial charge is 0.195 e. The molecule has 3 aromatic rings. The lowest BCUT2D eigenvalue weighted by Crippen LogP contribution is -1.87. The van der Waals surface area contributed by atoms with E-state index in [0.717, 1.165) is 21.1 Å². The Hall–Kier alpha value is -1.88. The highest BCUT2D eigenvalue weighted by atomic mass is 35.5. The maximum atomic E-state index is 12.0. The number of benzene rings is 1. The zero-order chi connectivity index (χ0) is 16.2. The summed E-state index contributed by atoms with van der Waals surface area (Å²) in [6.07, 6.45) is 3.43. The summed E-state index contributed by atoms with van der Waals surface area (Å²) in [5.74, 6) is 0.812. The number of hydrogen-bond donors (Lipinski definition) is 0. The second-order valence-corrected chi connectivity index (χ2v) is 7.56. The second-order valence-electron chi connectivity index (χ2n) is 4.73. The quantitative estimate of drug-likeness (QED) is 0.410. The van der Waals surface area contributed by atoms with Crippen molar-refractivity contribution < 1.29 is 9.53 Å². The Bertz CT molecular complexity index is 844. The van der Waals surface area contributed by atoms with Crippen LogP contribution < -0.4 is 4.74 Å². The molecule has 0 radical (unpaired) electrons. The molecular weight excluding hydrogens is 348 g/mol. The van der Waals surface area contributed by atoms with Crippen molar-refractivity contribution >= 4 is 46.1 Å². The summed E-state index contributed by atoms with van der Waals surface area (Å²) in [5.41, 5.74) is 1.13. The summed E-state index contributed by atoms with van der Waals surface area (Å²) in [4.78, 5) is 14.9. The number of carbonyl (C=O) groups excluding carboxylic acids is 1. The highest BCUT2D eigenvalue weighted by molar-refractivity contribution is 7.18. The van der Waals surface area contributed by atoms with Gasteiger partial charge in [-0.2, -0.15) is 0 Å². The van der Waals surface area contributed by atoms with Crippen molar-refractivity contribution in [2.24, 2.45) is 0 Å². The Morgan fingerprint density at radius 2 is 1.83 bits per heavy atom. The van der Waals surface area contributed by atoms with Crippen LogP contribution in [0, 0.1) is 0 Å². The Kier molecular flexibility index (Phi) is 4.96. The number of hydrogen-bond acceptors (Lipinski definition) is 4. The fourth-order valence-electron chi connectivity index (χ4n) is 2.04. The van der Waals surface area contributed by atoms with Gasteiger partial charge in [-0.15, -0.1) is 22.7 Å². The van der Waals surface area contributed by atoms with Crippen molar-refractivity contribution in [1.82, 2.24) is 0 Å². The largest absolute Gasteiger partial charge is 0.497 e. The van der Waals surface area contributed by atoms with Gasteiger partial charge in [0.05, 0.1) is 16.3 Å². The number of allylic oxidation sites excluding steroid dienone is 1. The molecule has 0 aliphatic carbocycles. The van der Waals surface area contributed by atoms with Gasteiger partial charge in [0.1, 0.15) is 5.75 Å². The highest BCUT2D eigenvalue weighted by Crippen LogP contribution is 2.30. The van der Waals surface area contributed by atoms with Gasteiger partial charge in [-0.3, -0.25) is 4.79 Å². The minimum atomic E-state index is -0.0266. The fourth-order valence-corrected chi connectivity index (χ4v) is 3.92. The van der Waals surface area contributed by atoms with Crippen molar-refractivity contribution in [2.75, 3.05) is 7.11 Å². The lowest BCUT2D eigenvalue weighted by Gasteiger charge is -2.00. The molecule has 0 amide bonds. The van der Waals surface area contributed by atoms with E-state index in [1.807, 2.05) is 36.4 Å². The van der Waals surface area contributed by atoms with Crippen molar-refractivity contribution in [1.29, 1.82) is 0 Å². The fraction of sp³-hybridized carbons (Fsp3) is 0.0556. The summed E-state index contributed by atoms with van der Waals surface area (Å²) >= 11 is 8.78. The van der Waals surface area contributed by atoms with Crippen molar-refractivity contribution in [3.05, 3.63) is 68.7 Å². The van der Waals surface area contributed by atoms with Crippen molar-refractivity contribution in [3.8, 4) is 16.2 Å². The van der Waals surface area contributed by atoms with Gasteiger partial charge in [0.15, 0.2) is 5.78 Å². The maximum absolute atomic E-state index is 12.0. The highest BCUT2D eigenvalue weighted by Gasteiger charge is 2.06. The molecule has 23 heavy (non-hydrogen) atoms. The van der Waals surface area contributed by atoms with Gasteiger partial charge in [0.25, 0.3) is 0 Å². The molecule has 0 aliphatic rings. The second kappa shape index (κ2) is 7.13. The summed E-state index contributed by atoms with van der Waals surface area (Å²) in [5, 5.41) is 0. The molecule has 0 fully saturated rings. The first kappa shape index (κ1) is 16.0. The van der Waals surface area contributed by atoms with Gasteiger partial charge in [-0.25, -0.2) is 0 Å². The zero-order valence-electron chi connectivity index (χ0n) is 12.3. The molecule has 0 N–H and O–H groups in total. The average molecular weight is 361 g/mol. The average Bonchev–Trinajstić information content (AvgIpc) is 3.22. The summed E-state index contributed by atoms with van der Waals surface area (Å²) in [6, 6.07) is 15.5. The molecule has 0 saturated carbocycles. The Morgan fingerprint density at radius 1 is 1.04 bits per heavy atom. The number of ether oxygens (including phenoxy) is 1. The standard InChI is InChI=1S/C18H13ClO2S2/c1-21-13-4-2-12(3-5-13)16-9-7-14(22-16)6-8-15(20)17-10-11-18(19)23-17/h2-11H,1H3. The molecule has 0 unspecified atom stereocenters. The third-order valence-electron chi connectivity index (χ3n) is 3.22. The van der Waals surface area contributed by atoms with E-state index in [1.54, 1.807) is 36.7 Å². The first-order valence-electron chi connectivity index (χ1n) is 6.88. The topological polar surface area (TPSA) is 26.3 Å². The predicted octanol–water partition coefficient (Wildman–Crippen LogP) is 6.03. The van der Waals surface area contributed by atoms with Crippen LogP contribution in [0.3, 0.4) is 0 Å². The molecular formula is C18H13ClO2S2. The normalized spacial score (nSPS) is 11.0. The third kappa shape index (κ3) is 3.91. The number of ketones is 1. The third-order valence-corrected chi connectivity index (χ3v) is 5.56.